The summed E-state index contributed by atoms with van der Waals surface area (Å²) in [5, 5.41) is 14.8. The predicted molar refractivity (Wildman–Crippen MR) is 132 cm³/mol. The van der Waals surface area contributed by atoms with Gasteiger partial charge in [0, 0.05) is 6.54 Å². The van der Waals surface area contributed by atoms with E-state index in [9.17, 15) is 24.3 Å². The molecule has 0 aliphatic carbocycles. The first-order valence-electron chi connectivity index (χ1n) is 12.3. The van der Waals surface area contributed by atoms with E-state index < -0.39 is 42.0 Å². The first kappa shape index (κ1) is 28.3. The minimum absolute atomic E-state index is 0.309. The monoisotopic (exact) mass is 489 g/mol. The van der Waals surface area contributed by atoms with Gasteiger partial charge in [-0.3, -0.25) is 14.4 Å². The Balaban J connectivity index is 2.10. The molecule has 10 heteroatoms. The molecule has 1 aliphatic heterocycles. The second-order valence-electron chi connectivity index (χ2n) is 9.40. The molecule has 1 aromatic carbocycles. The molecule has 2 rings (SSSR count). The average Bonchev–Trinajstić information content (AvgIpc) is 3.31. The molecule has 4 unspecified atom stereocenters. The summed E-state index contributed by atoms with van der Waals surface area (Å²) in [4.78, 5) is 52.2. The Kier molecular flexibility index (Phi) is 11.1. The van der Waals surface area contributed by atoms with Crippen LogP contribution in [0.4, 0.5) is 0 Å². The zero-order chi connectivity index (χ0) is 26.0. The molecule has 194 valence electrons. The third-order valence-corrected chi connectivity index (χ3v) is 6.27. The van der Waals surface area contributed by atoms with Crippen molar-refractivity contribution >= 4 is 23.7 Å². The van der Waals surface area contributed by atoms with Crippen molar-refractivity contribution in [2.45, 2.75) is 76.5 Å². The molecule has 1 aliphatic rings. The lowest BCUT2D eigenvalue weighted by atomic mass is 10.0. The Morgan fingerprint density at radius 3 is 2.40 bits per heavy atom. The minimum atomic E-state index is -1.12. The summed E-state index contributed by atoms with van der Waals surface area (Å²) in [5.41, 5.74) is 12.6. The van der Waals surface area contributed by atoms with Crippen molar-refractivity contribution in [2.75, 3.05) is 13.1 Å². The maximum absolute atomic E-state index is 13.5. The summed E-state index contributed by atoms with van der Waals surface area (Å²) in [6.45, 7) is 4.23. The molecule has 0 bridgehead atoms. The van der Waals surface area contributed by atoms with Gasteiger partial charge in [-0.25, -0.2) is 4.79 Å². The van der Waals surface area contributed by atoms with Crippen LogP contribution in [0.2, 0.25) is 0 Å². The Morgan fingerprint density at radius 1 is 1.11 bits per heavy atom. The van der Waals surface area contributed by atoms with Gasteiger partial charge in [-0.2, -0.15) is 0 Å². The molecule has 0 spiro atoms. The van der Waals surface area contributed by atoms with Crippen LogP contribution in [0.1, 0.15) is 51.5 Å². The number of benzene rings is 1. The van der Waals surface area contributed by atoms with Gasteiger partial charge < -0.3 is 32.1 Å². The molecule has 1 fully saturated rings. The maximum Gasteiger partial charge on any atom is 0.326 e. The number of hydrogen-bond donors (Lipinski definition) is 5. The van der Waals surface area contributed by atoms with E-state index in [0.29, 0.717) is 51.6 Å². The number of carbonyl (C=O) groups is 4. The van der Waals surface area contributed by atoms with E-state index in [1.165, 1.54) is 4.90 Å². The highest BCUT2D eigenvalue weighted by molar-refractivity contribution is 5.94. The smallest absolute Gasteiger partial charge is 0.326 e. The zero-order valence-electron chi connectivity index (χ0n) is 20.6. The minimum Gasteiger partial charge on any atom is -0.480 e. The van der Waals surface area contributed by atoms with E-state index in [-0.39, 0.29) is 11.8 Å². The van der Waals surface area contributed by atoms with E-state index in [2.05, 4.69) is 10.6 Å². The van der Waals surface area contributed by atoms with Crippen molar-refractivity contribution in [1.82, 2.24) is 15.5 Å². The lowest BCUT2D eigenvalue weighted by Crippen LogP contribution is -2.57. The highest BCUT2D eigenvalue weighted by atomic mass is 16.4. The molecule has 4 atom stereocenters. The van der Waals surface area contributed by atoms with Crippen LogP contribution in [0.15, 0.2) is 30.3 Å². The number of aliphatic carboxylic acids is 1. The second-order valence-corrected chi connectivity index (χ2v) is 9.40. The number of rotatable bonds is 13. The molecule has 35 heavy (non-hydrogen) atoms. The number of carboxylic acids is 1. The topological polar surface area (TPSA) is 168 Å². The lowest BCUT2D eigenvalue weighted by molar-refractivity contribution is -0.145. The van der Waals surface area contributed by atoms with Crippen molar-refractivity contribution in [3.8, 4) is 0 Å². The summed E-state index contributed by atoms with van der Waals surface area (Å²) in [7, 11) is 0. The number of amides is 3. The quantitative estimate of drug-likeness (QED) is 0.250. The van der Waals surface area contributed by atoms with E-state index in [1.807, 2.05) is 30.3 Å². The molecule has 1 aromatic rings. The highest BCUT2D eigenvalue weighted by Gasteiger charge is 2.39. The number of hydrogen-bond acceptors (Lipinski definition) is 6. The van der Waals surface area contributed by atoms with Crippen LogP contribution in [-0.4, -0.2) is 71.0 Å². The first-order chi connectivity index (χ1) is 16.6. The number of carbonyl (C=O) groups excluding carboxylic acids is 3. The third kappa shape index (κ3) is 8.32. The van der Waals surface area contributed by atoms with Gasteiger partial charge in [0.25, 0.3) is 0 Å². The normalized spacial score (nSPS) is 18.1. The van der Waals surface area contributed by atoms with Crippen LogP contribution in [0.3, 0.4) is 0 Å². The van der Waals surface area contributed by atoms with Gasteiger partial charge in [-0.15, -0.1) is 0 Å². The Bertz CT molecular complexity index is 863. The molecular weight excluding hydrogens is 450 g/mol. The van der Waals surface area contributed by atoms with Gasteiger partial charge in [0.2, 0.25) is 17.7 Å². The predicted octanol–water partition coefficient (Wildman–Crippen LogP) is 0.387. The van der Waals surface area contributed by atoms with Crippen LogP contribution in [0.25, 0.3) is 0 Å². The maximum atomic E-state index is 13.5. The van der Waals surface area contributed by atoms with Crippen LogP contribution in [-0.2, 0) is 25.6 Å². The molecule has 0 radical (unpaired) electrons. The number of carboxylic acid groups (broad SMARTS) is 1. The van der Waals surface area contributed by atoms with E-state index in [4.69, 9.17) is 11.5 Å². The summed E-state index contributed by atoms with van der Waals surface area (Å²) in [5.74, 6) is -2.73. The standard InChI is InChI=1S/C25H39N5O5/c1-16(2)21(25(34)35)29-23(32)20-12-8-14-30(20)24(33)19(11-6-7-13-26)28-22(31)18(27)15-17-9-4-3-5-10-17/h3-5,9-10,16,18-21H,6-8,11-15,26-27H2,1-2H3,(H,28,31)(H,29,32)(H,34,35). The van der Waals surface area contributed by atoms with Crippen molar-refractivity contribution in [1.29, 1.82) is 0 Å². The van der Waals surface area contributed by atoms with Gasteiger partial charge in [0.05, 0.1) is 6.04 Å². The summed E-state index contributed by atoms with van der Waals surface area (Å²) in [6.07, 6.45) is 3.05. The fraction of sp³-hybridized carbons (Fsp3) is 0.600. The fourth-order valence-corrected chi connectivity index (χ4v) is 4.26. The Morgan fingerprint density at radius 2 is 1.80 bits per heavy atom. The lowest BCUT2D eigenvalue weighted by Gasteiger charge is -2.30. The first-order valence-corrected chi connectivity index (χ1v) is 12.3. The van der Waals surface area contributed by atoms with Crippen molar-refractivity contribution < 1.29 is 24.3 Å². The number of unbranched alkanes of at least 4 members (excludes halogenated alkanes) is 1. The molecule has 1 saturated heterocycles. The largest absolute Gasteiger partial charge is 0.480 e. The SMILES string of the molecule is CC(C)C(NC(=O)C1CCCN1C(=O)C(CCCCN)NC(=O)C(N)Cc1ccccc1)C(=O)O. The fourth-order valence-electron chi connectivity index (χ4n) is 4.26. The molecular formula is C25H39N5O5. The van der Waals surface area contributed by atoms with Crippen molar-refractivity contribution in [3.63, 3.8) is 0 Å². The highest BCUT2D eigenvalue weighted by Crippen LogP contribution is 2.21. The van der Waals surface area contributed by atoms with E-state index in [0.717, 1.165) is 5.56 Å². The molecule has 3 amide bonds. The summed E-state index contributed by atoms with van der Waals surface area (Å²) >= 11 is 0. The summed E-state index contributed by atoms with van der Waals surface area (Å²) in [6, 6.07) is 5.87. The summed E-state index contributed by atoms with van der Waals surface area (Å²) < 4.78 is 0. The zero-order valence-corrected chi connectivity index (χ0v) is 20.6. The molecule has 0 aromatic heterocycles. The number of likely N-dealkylation sites (tertiary alicyclic amines) is 1. The number of nitrogens with two attached hydrogens (primary N) is 2. The van der Waals surface area contributed by atoms with Crippen LogP contribution in [0, 0.1) is 5.92 Å². The molecule has 1 heterocycles. The van der Waals surface area contributed by atoms with Crippen LogP contribution in [0.5, 0.6) is 0 Å². The van der Waals surface area contributed by atoms with Gasteiger partial charge in [-0.05, 0) is 56.6 Å². The second kappa shape index (κ2) is 13.8. The van der Waals surface area contributed by atoms with E-state index in [1.54, 1.807) is 13.8 Å². The molecule has 10 nitrogen and oxygen atoms in total. The van der Waals surface area contributed by atoms with Crippen molar-refractivity contribution in [3.05, 3.63) is 35.9 Å². The van der Waals surface area contributed by atoms with Gasteiger partial charge in [0.15, 0.2) is 0 Å². The molecule has 0 saturated carbocycles. The molecule has 7 N–H and O–H groups in total. The van der Waals surface area contributed by atoms with Crippen molar-refractivity contribution in [2.24, 2.45) is 17.4 Å². The number of nitrogens with zero attached hydrogens (tertiary/aromatic N) is 1. The van der Waals surface area contributed by atoms with Gasteiger partial charge >= 0.3 is 5.97 Å². The number of nitrogens with one attached hydrogen (secondary N) is 2. The van der Waals surface area contributed by atoms with Gasteiger partial charge in [-0.1, -0.05) is 44.2 Å². The van der Waals surface area contributed by atoms with E-state index >= 15 is 0 Å². The van der Waals surface area contributed by atoms with Crippen LogP contribution >= 0.6 is 0 Å². The Hall–Kier alpha value is -2.98. The van der Waals surface area contributed by atoms with Crippen LogP contribution < -0.4 is 22.1 Å². The third-order valence-electron chi connectivity index (χ3n) is 6.27. The average molecular weight is 490 g/mol. The Labute approximate surface area is 206 Å². The van der Waals surface area contributed by atoms with Gasteiger partial charge in [0.1, 0.15) is 18.1 Å².